The maximum atomic E-state index is 12.9. The van der Waals surface area contributed by atoms with Crippen LogP contribution in [0.4, 0.5) is 0 Å². The van der Waals surface area contributed by atoms with Crippen molar-refractivity contribution < 1.29 is 19.1 Å². The van der Waals surface area contributed by atoms with Crippen LogP contribution >= 0.6 is 15.9 Å². The summed E-state index contributed by atoms with van der Waals surface area (Å²) in [5.41, 5.74) is 1.13. The Balaban J connectivity index is 1.66. The van der Waals surface area contributed by atoms with Crippen LogP contribution in [0, 0.1) is 5.92 Å². The van der Waals surface area contributed by atoms with Crippen LogP contribution in [0.5, 0.6) is 0 Å². The number of benzene rings is 2. The lowest BCUT2D eigenvalue weighted by Crippen LogP contribution is -2.54. The molecule has 2 N–H and O–H groups in total. The van der Waals surface area contributed by atoms with E-state index < -0.39 is 6.04 Å². The number of amides is 3. The number of hydrogen-bond acceptors (Lipinski definition) is 4. The lowest BCUT2D eigenvalue weighted by molar-refractivity contribution is -0.124. The first kappa shape index (κ1) is 23.9. The highest BCUT2D eigenvalue weighted by molar-refractivity contribution is 9.10. The fraction of sp³-hybridized carbons (Fsp3) is 0.375. The molecular weight excluding hydrogens is 474 g/mol. The van der Waals surface area contributed by atoms with Gasteiger partial charge in [0.05, 0.1) is 6.61 Å². The number of carbonyl (C=O) groups excluding carboxylic acids is 3. The molecular formula is C24H28BrN3O4. The van der Waals surface area contributed by atoms with Gasteiger partial charge in [0.1, 0.15) is 6.04 Å². The molecule has 1 aliphatic heterocycles. The van der Waals surface area contributed by atoms with Crippen molar-refractivity contribution >= 4 is 33.7 Å². The number of carbonyl (C=O) groups is 3. The van der Waals surface area contributed by atoms with Crippen LogP contribution in [0.1, 0.15) is 33.6 Å². The van der Waals surface area contributed by atoms with E-state index in [1.807, 2.05) is 18.2 Å². The summed E-state index contributed by atoms with van der Waals surface area (Å²) in [6, 6.07) is 15.5. The third-order valence-electron chi connectivity index (χ3n) is 5.58. The smallest absolute Gasteiger partial charge is 0.253 e. The highest BCUT2D eigenvalue weighted by atomic mass is 79.9. The second-order valence-corrected chi connectivity index (χ2v) is 8.66. The van der Waals surface area contributed by atoms with Crippen molar-refractivity contribution in [3.05, 3.63) is 70.2 Å². The number of nitrogens with zero attached hydrogens (tertiary/aromatic N) is 1. The van der Waals surface area contributed by atoms with E-state index in [1.54, 1.807) is 48.4 Å². The quantitative estimate of drug-likeness (QED) is 0.544. The standard InChI is InChI=1S/C24H28BrN3O4/c1-32-15-12-26-23(30)21(27-22(29)18-6-3-2-4-7-18)17-10-13-28(14-11-17)24(31)19-8-5-9-20(25)16-19/h2-9,16-17,21H,10-15H2,1H3,(H,26,30)(H,27,29). The predicted molar refractivity (Wildman–Crippen MR) is 125 cm³/mol. The summed E-state index contributed by atoms with van der Waals surface area (Å²) in [7, 11) is 1.57. The summed E-state index contributed by atoms with van der Waals surface area (Å²) in [6.07, 6.45) is 1.24. The molecule has 8 heteroatoms. The minimum Gasteiger partial charge on any atom is -0.383 e. The molecule has 1 fully saturated rings. The number of halogens is 1. The maximum Gasteiger partial charge on any atom is 0.253 e. The number of hydrogen-bond donors (Lipinski definition) is 2. The van der Waals surface area contributed by atoms with E-state index in [9.17, 15) is 14.4 Å². The Morgan fingerprint density at radius 2 is 1.75 bits per heavy atom. The molecule has 7 nitrogen and oxygen atoms in total. The molecule has 2 aromatic rings. The zero-order chi connectivity index (χ0) is 22.9. The highest BCUT2D eigenvalue weighted by Gasteiger charge is 2.34. The normalized spacial score (nSPS) is 15.1. The average Bonchev–Trinajstić information content (AvgIpc) is 2.82. The van der Waals surface area contributed by atoms with Gasteiger partial charge in [-0.2, -0.15) is 0 Å². The van der Waals surface area contributed by atoms with E-state index in [2.05, 4.69) is 26.6 Å². The third-order valence-corrected chi connectivity index (χ3v) is 6.07. The van der Waals surface area contributed by atoms with Gasteiger partial charge in [0, 0.05) is 42.3 Å². The largest absolute Gasteiger partial charge is 0.383 e. The third kappa shape index (κ3) is 6.40. The summed E-state index contributed by atoms with van der Waals surface area (Å²) >= 11 is 3.40. The Morgan fingerprint density at radius 1 is 1.06 bits per heavy atom. The van der Waals surface area contributed by atoms with E-state index in [0.717, 1.165) is 4.47 Å². The van der Waals surface area contributed by atoms with Gasteiger partial charge in [-0.05, 0) is 49.1 Å². The van der Waals surface area contributed by atoms with Crippen molar-refractivity contribution in [3.8, 4) is 0 Å². The Kier molecular flexibility index (Phi) is 8.81. The first-order valence-electron chi connectivity index (χ1n) is 10.7. The lowest BCUT2D eigenvalue weighted by atomic mass is 9.88. The van der Waals surface area contributed by atoms with Gasteiger partial charge in [0.25, 0.3) is 11.8 Å². The molecule has 1 unspecified atom stereocenters. The average molecular weight is 502 g/mol. The molecule has 1 saturated heterocycles. The number of ether oxygens (including phenoxy) is 1. The monoisotopic (exact) mass is 501 g/mol. The topological polar surface area (TPSA) is 87.7 Å². The van der Waals surface area contributed by atoms with Crippen molar-refractivity contribution in [3.63, 3.8) is 0 Å². The lowest BCUT2D eigenvalue weighted by Gasteiger charge is -2.36. The van der Waals surface area contributed by atoms with Crippen LogP contribution < -0.4 is 10.6 Å². The molecule has 1 atom stereocenters. The zero-order valence-electron chi connectivity index (χ0n) is 18.1. The molecule has 1 aliphatic rings. The zero-order valence-corrected chi connectivity index (χ0v) is 19.6. The van der Waals surface area contributed by atoms with Gasteiger partial charge in [-0.25, -0.2) is 0 Å². The molecule has 0 aliphatic carbocycles. The molecule has 0 radical (unpaired) electrons. The number of rotatable bonds is 8. The molecule has 0 spiro atoms. The van der Waals surface area contributed by atoms with Crippen LogP contribution in [0.15, 0.2) is 59.1 Å². The van der Waals surface area contributed by atoms with Crippen molar-refractivity contribution in [1.29, 1.82) is 0 Å². The van der Waals surface area contributed by atoms with Crippen LogP contribution in [0.3, 0.4) is 0 Å². The van der Waals surface area contributed by atoms with E-state index in [4.69, 9.17) is 4.74 Å². The summed E-state index contributed by atoms with van der Waals surface area (Å²) in [5, 5.41) is 5.75. The van der Waals surface area contributed by atoms with Crippen LogP contribution in [-0.2, 0) is 9.53 Å². The van der Waals surface area contributed by atoms with Crippen LogP contribution in [0.25, 0.3) is 0 Å². The molecule has 2 aromatic carbocycles. The summed E-state index contributed by atoms with van der Waals surface area (Å²) in [6.45, 7) is 1.82. The molecule has 0 bridgehead atoms. The van der Waals surface area contributed by atoms with Gasteiger partial charge in [-0.15, -0.1) is 0 Å². The maximum absolute atomic E-state index is 12.9. The second-order valence-electron chi connectivity index (χ2n) is 7.74. The van der Waals surface area contributed by atoms with E-state index in [1.165, 1.54) is 0 Å². The SMILES string of the molecule is COCCNC(=O)C(NC(=O)c1ccccc1)C1CCN(C(=O)c2cccc(Br)c2)CC1. The molecule has 3 amide bonds. The van der Waals surface area contributed by atoms with Gasteiger partial charge in [0.2, 0.25) is 5.91 Å². The molecule has 0 aromatic heterocycles. The van der Waals surface area contributed by atoms with E-state index in [0.29, 0.717) is 50.2 Å². The van der Waals surface area contributed by atoms with Crippen molar-refractivity contribution in [2.45, 2.75) is 18.9 Å². The fourth-order valence-electron chi connectivity index (χ4n) is 3.84. The van der Waals surface area contributed by atoms with Gasteiger partial charge in [0.15, 0.2) is 0 Å². The summed E-state index contributed by atoms with van der Waals surface area (Å²) in [4.78, 5) is 40.3. The number of nitrogens with one attached hydrogen (secondary N) is 2. The first-order chi connectivity index (χ1) is 15.5. The Labute approximate surface area is 196 Å². The number of likely N-dealkylation sites (tertiary alicyclic amines) is 1. The molecule has 0 saturated carbocycles. The van der Waals surface area contributed by atoms with E-state index in [-0.39, 0.29) is 23.6 Å². The van der Waals surface area contributed by atoms with Crippen LogP contribution in [0.2, 0.25) is 0 Å². The summed E-state index contributed by atoms with van der Waals surface area (Å²) in [5.74, 6) is -0.621. The van der Waals surface area contributed by atoms with Crippen molar-refractivity contribution in [2.24, 2.45) is 5.92 Å². The van der Waals surface area contributed by atoms with E-state index >= 15 is 0 Å². The minimum absolute atomic E-state index is 0.0285. The van der Waals surface area contributed by atoms with Gasteiger partial charge in [-0.3, -0.25) is 14.4 Å². The van der Waals surface area contributed by atoms with Crippen LogP contribution in [-0.4, -0.2) is 62.0 Å². The molecule has 170 valence electrons. The van der Waals surface area contributed by atoms with Gasteiger partial charge < -0.3 is 20.3 Å². The molecule has 3 rings (SSSR count). The molecule has 32 heavy (non-hydrogen) atoms. The second kappa shape index (κ2) is 11.8. The fourth-order valence-corrected chi connectivity index (χ4v) is 4.24. The Bertz CT molecular complexity index is 930. The van der Waals surface area contributed by atoms with Gasteiger partial charge in [-0.1, -0.05) is 40.2 Å². The Hall–Kier alpha value is -2.71. The predicted octanol–water partition coefficient (Wildman–Crippen LogP) is 2.86. The van der Waals surface area contributed by atoms with Crippen molar-refractivity contribution in [2.75, 3.05) is 33.4 Å². The van der Waals surface area contributed by atoms with Gasteiger partial charge >= 0.3 is 0 Å². The first-order valence-corrected chi connectivity index (χ1v) is 11.5. The Morgan fingerprint density at radius 3 is 2.41 bits per heavy atom. The minimum atomic E-state index is -0.678. The number of piperidine rings is 1. The highest BCUT2D eigenvalue weighted by Crippen LogP contribution is 2.23. The number of methoxy groups -OCH3 is 1. The molecule has 1 heterocycles. The van der Waals surface area contributed by atoms with Crippen molar-refractivity contribution in [1.82, 2.24) is 15.5 Å². The summed E-state index contributed by atoms with van der Waals surface area (Å²) < 4.78 is 5.87.